The van der Waals surface area contributed by atoms with Gasteiger partial charge in [-0.15, -0.1) is 0 Å². The molecule has 0 radical (unpaired) electrons. The van der Waals surface area contributed by atoms with E-state index < -0.39 is 5.60 Å². The third-order valence-electron chi connectivity index (χ3n) is 3.10. The first-order valence-corrected chi connectivity index (χ1v) is 5.04. The molecule has 0 amide bonds. The number of hydrogen-bond donors (Lipinski definition) is 2. The Morgan fingerprint density at radius 3 is 3.07 bits per heavy atom. The lowest BCUT2D eigenvalue weighted by atomic mass is 9.81. The second-order valence-corrected chi connectivity index (χ2v) is 4.20. The Balaban J connectivity index is 2.29. The standard InChI is InChI=1S/C10H17N3O/c1-8-5-11-4-3-10(8,14)9-6-13(2)7-12-9/h6-8,11,14H,3-5H2,1-2H3. The summed E-state index contributed by atoms with van der Waals surface area (Å²) in [7, 11) is 1.92. The maximum Gasteiger partial charge on any atom is 0.113 e. The molecular formula is C10H17N3O. The van der Waals surface area contributed by atoms with Crippen LogP contribution in [0.3, 0.4) is 0 Å². The Labute approximate surface area is 84.0 Å². The Morgan fingerprint density at radius 1 is 1.71 bits per heavy atom. The van der Waals surface area contributed by atoms with E-state index in [9.17, 15) is 5.11 Å². The summed E-state index contributed by atoms with van der Waals surface area (Å²) in [6, 6.07) is 0. The summed E-state index contributed by atoms with van der Waals surface area (Å²) in [6.45, 7) is 3.77. The molecule has 1 aliphatic rings. The molecule has 2 rings (SSSR count). The lowest BCUT2D eigenvalue weighted by Crippen LogP contribution is -2.47. The molecule has 78 valence electrons. The first-order valence-electron chi connectivity index (χ1n) is 5.04. The summed E-state index contributed by atoms with van der Waals surface area (Å²) in [5, 5.41) is 13.8. The van der Waals surface area contributed by atoms with Crippen LogP contribution in [0.4, 0.5) is 0 Å². The number of piperidine rings is 1. The molecule has 0 aromatic carbocycles. The van der Waals surface area contributed by atoms with E-state index in [1.54, 1.807) is 6.33 Å². The zero-order valence-corrected chi connectivity index (χ0v) is 8.70. The highest BCUT2D eigenvalue weighted by Gasteiger charge is 2.39. The number of imidazole rings is 1. The van der Waals surface area contributed by atoms with Crippen molar-refractivity contribution >= 4 is 0 Å². The van der Waals surface area contributed by atoms with E-state index in [0.29, 0.717) is 0 Å². The van der Waals surface area contributed by atoms with Gasteiger partial charge in [-0.05, 0) is 13.0 Å². The van der Waals surface area contributed by atoms with E-state index in [2.05, 4.69) is 17.2 Å². The van der Waals surface area contributed by atoms with E-state index in [4.69, 9.17) is 0 Å². The van der Waals surface area contributed by atoms with E-state index >= 15 is 0 Å². The van der Waals surface area contributed by atoms with Crippen molar-refractivity contribution in [1.29, 1.82) is 0 Å². The average Bonchev–Trinajstić information content (AvgIpc) is 2.58. The van der Waals surface area contributed by atoms with Gasteiger partial charge in [-0.2, -0.15) is 0 Å². The summed E-state index contributed by atoms with van der Waals surface area (Å²) in [4.78, 5) is 4.25. The smallest absolute Gasteiger partial charge is 0.113 e. The molecule has 0 saturated carbocycles. The SMILES string of the molecule is CC1CNCCC1(O)c1cn(C)cn1. The molecule has 14 heavy (non-hydrogen) atoms. The van der Waals surface area contributed by atoms with Gasteiger partial charge < -0.3 is 15.0 Å². The highest BCUT2D eigenvalue weighted by molar-refractivity contribution is 5.12. The van der Waals surface area contributed by atoms with Gasteiger partial charge in [0, 0.05) is 25.7 Å². The Bertz CT molecular complexity index is 323. The van der Waals surface area contributed by atoms with Gasteiger partial charge in [0.15, 0.2) is 0 Å². The maximum atomic E-state index is 10.5. The maximum absolute atomic E-state index is 10.5. The zero-order valence-electron chi connectivity index (χ0n) is 8.70. The lowest BCUT2D eigenvalue weighted by molar-refractivity contribution is -0.0426. The number of aromatic nitrogens is 2. The van der Waals surface area contributed by atoms with Crippen LogP contribution in [0.15, 0.2) is 12.5 Å². The molecule has 0 spiro atoms. The summed E-state index contributed by atoms with van der Waals surface area (Å²) < 4.78 is 1.88. The highest BCUT2D eigenvalue weighted by atomic mass is 16.3. The normalized spacial score (nSPS) is 33.2. The number of nitrogens with zero attached hydrogens (tertiary/aromatic N) is 2. The fraction of sp³-hybridized carbons (Fsp3) is 0.700. The predicted molar refractivity (Wildman–Crippen MR) is 53.8 cm³/mol. The molecule has 1 aliphatic heterocycles. The van der Waals surface area contributed by atoms with Crippen molar-refractivity contribution in [3.05, 3.63) is 18.2 Å². The van der Waals surface area contributed by atoms with Gasteiger partial charge in [-0.25, -0.2) is 4.98 Å². The van der Waals surface area contributed by atoms with Gasteiger partial charge in [-0.3, -0.25) is 0 Å². The largest absolute Gasteiger partial charge is 0.383 e. The molecule has 1 saturated heterocycles. The molecule has 0 aliphatic carbocycles. The van der Waals surface area contributed by atoms with Crippen LogP contribution in [0.25, 0.3) is 0 Å². The van der Waals surface area contributed by atoms with Crippen LogP contribution in [0.2, 0.25) is 0 Å². The van der Waals surface area contributed by atoms with Crippen LogP contribution < -0.4 is 5.32 Å². The summed E-state index contributed by atoms with van der Waals surface area (Å²) >= 11 is 0. The van der Waals surface area contributed by atoms with Gasteiger partial charge in [0.25, 0.3) is 0 Å². The molecule has 0 bridgehead atoms. The molecule has 4 heteroatoms. The van der Waals surface area contributed by atoms with Crippen LogP contribution >= 0.6 is 0 Å². The zero-order chi connectivity index (χ0) is 10.2. The first kappa shape index (κ1) is 9.68. The van der Waals surface area contributed by atoms with Crippen molar-refractivity contribution in [1.82, 2.24) is 14.9 Å². The molecule has 2 atom stereocenters. The van der Waals surface area contributed by atoms with E-state index in [1.807, 2.05) is 17.8 Å². The Morgan fingerprint density at radius 2 is 2.50 bits per heavy atom. The second kappa shape index (κ2) is 3.37. The van der Waals surface area contributed by atoms with Gasteiger partial charge in [0.1, 0.15) is 5.60 Å². The topological polar surface area (TPSA) is 50.1 Å². The molecule has 1 fully saturated rings. The van der Waals surface area contributed by atoms with Crippen molar-refractivity contribution in [2.45, 2.75) is 18.9 Å². The van der Waals surface area contributed by atoms with Crippen LogP contribution in [0.5, 0.6) is 0 Å². The van der Waals surface area contributed by atoms with Crippen LogP contribution in [-0.4, -0.2) is 27.7 Å². The van der Waals surface area contributed by atoms with Gasteiger partial charge in [0.05, 0.1) is 12.0 Å². The number of hydrogen-bond acceptors (Lipinski definition) is 3. The quantitative estimate of drug-likeness (QED) is 0.675. The molecular weight excluding hydrogens is 178 g/mol. The van der Waals surface area contributed by atoms with E-state index in [0.717, 1.165) is 25.2 Å². The molecule has 2 unspecified atom stereocenters. The second-order valence-electron chi connectivity index (χ2n) is 4.20. The Hall–Kier alpha value is -0.870. The van der Waals surface area contributed by atoms with E-state index in [1.165, 1.54) is 0 Å². The Kier molecular flexibility index (Phi) is 2.33. The monoisotopic (exact) mass is 195 g/mol. The molecule has 1 aromatic heterocycles. The summed E-state index contributed by atoms with van der Waals surface area (Å²) in [6.07, 6.45) is 4.38. The van der Waals surface area contributed by atoms with Crippen molar-refractivity contribution in [2.24, 2.45) is 13.0 Å². The molecule has 4 nitrogen and oxygen atoms in total. The van der Waals surface area contributed by atoms with Gasteiger partial charge >= 0.3 is 0 Å². The number of aliphatic hydroxyl groups is 1. The first-order chi connectivity index (χ1) is 6.63. The lowest BCUT2D eigenvalue weighted by Gasteiger charge is -2.37. The van der Waals surface area contributed by atoms with Gasteiger partial charge in [-0.1, -0.05) is 6.92 Å². The molecule has 2 N–H and O–H groups in total. The minimum atomic E-state index is -0.744. The molecule has 2 heterocycles. The summed E-state index contributed by atoms with van der Waals surface area (Å²) in [5.74, 6) is 0.214. The van der Waals surface area contributed by atoms with Crippen LogP contribution in [-0.2, 0) is 12.6 Å². The average molecular weight is 195 g/mol. The predicted octanol–water partition coefficient (Wildman–Crippen LogP) is 0.237. The van der Waals surface area contributed by atoms with Crippen molar-refractivity contribution in [3.63, 3.8) is 0 Å². The number of aryl methyl sites for hydroxylation is 1. The third kappa shape index (κ3) is 1.44. The summed E-state index contributed by atoms with van der Waals surface area (Å²) in [5.41, 5.74) is 0.0565. The molecule has 1 aromatic rings. The van der Waals surface area contributed by atoms with Gasteiger partial charge in [0.2, 0.25) is 0 Å². The van der Waals surface area contributed by atoms with E-state index in [-0.39, 0.29) is 5.92 Å². The fourth-order valence-electron chi connectivity index (χ4n) is 2.03. The minimum Gasteiger partial charge on any atom is -0.383 e. The van der Waals surface area contributed by atoms with Crippen LogP contribution in [0, 0.1) is 5.92 Å². The number of nitrogens with one attached hydrogen (secondary N) is 1. The van der Waals surface area contributed by atoms with Crippen molar-refractivity contribution < 1.29 is 5.11 Å². The van der Waals surface area contributed by atoms with Crippen LogP contribution in [0.1, 0.15) is 19.0 Å². The van der Waals surface area contributed by atoms with Crippen molar-refractivity contribution in [2.75, 3.05) is 13.1 Å². The number of rotatable bonds is 1. The third-order valence-corrected chi connectivity index (χ3v) is 3.10. The van der Waals surface area contributed by atoms with Crippen molar-refractivity contribution in [3.8, 4) is 0 Å². The highest BCUT2D eigenvalue weighted by Crippen LogP contribution is 2.33. The fourth-order valence-corrected chi connectivity index (χ4v) is 2.03. The minimum absolute atomic E-state index is 0.214.